The highest BCUT2D eigenvalue weighted by atomic mass is 32.1. The van der Waals surface area contributed by atoms with Crippen LogP contribution in [0.25, 0.3) is 21.2 Å². The van der Waals surface area contributed by atoms with Gasteiger partial charge in [-0.15, -0.1) is 11.3 Å². The van der Waals surface area contributed by atoms with Crippen molar-refractivity contribution in [3.8, 4) is 17.2 Å². The van der Waals surface area contributed by atoms with E-state index in [2.05, 4.69) is 4.98 Å². The van der Waals surface area contributed by atoms with Crippen molar-refractivity contribution >= 4 is 27.2 Å². The van der Waals surface area contributed by atoms with Gasteiger partial charge in [0.25, 0.3) is 5.56 Å². The lowest BCUT2D eigenvalue weighted by molar-refractivity contribution is 1.23. The van der Waals surface area contributed by atoms with E-state index in [1.54, 1.807) is 17.4 Å². The zero-order chi connectivity index (χ0) is 13.4. The molecule has 3 aromatic rings. The second kappa shape index (κ2) is 4.26. The minimum Gasteiger partial charge on any atom is -0.385 e. The molecular weight excluding hydrogens is 258 g/mol. The fourth-order valence-electron chi connectivity index (χ4n) is 2.09. The summed E-state index contributed by atoms with van der Waals surface area (Å²) in [5.41, 5.74) is 6.77. The van der Waals surface area contributed by atoms with Gasteiger partial charge in [-0.3, -0.25) is 4.79 Å². The Hall–Kier alpha value is -2.58. The molecule has 0 unspecified atom stereocenters. The number of rotatable bonds is 1. The number of nitrogen functional groups attached to an aromatic ring is 1. The first-order chi connectivity index (χ1) is 9.20. The summed E-state index contributed by atoms with van der Waals surface area (Å²) in [4.78, 5) is 14.2. The van der Waals surface area contributed by atoms with Crippen molar-refractivity contribution in [2.45, 2.75) is 0 Å². The summed E-state index contributed by atoms with van der Waals surface area (Å²) in [6, 6.07) is 11.5. The lowest BCUT2D eigenvalue weighted by Gasteiger charge is -2.03. The number of hydrogen-bond acceptors (Lipinski definition) is 4. The maximum absolute atomic E-state index is 11.8. The Balaban J connectivity index is 2.40. The number of nitriles is 1. The van der Waals surface area contributed by atoms with Crippen LogP contribution in [-0.4, -0.2) is 4.98 Å². The van der Waals surface area contributed by atoms with Gasteiger partial charge in [-0.05, 0) is 17.5 Å². The number of pyridine rings is 1. The molecule has 0 aliphatic rings. The number of nitrogens with two attached hydrogens (primary N) is 1. The van der Waals surface area contributed by atoms with E-state index in [4.69, 9.17) is 11.0 Å². The van der Waals surface area contributed by atoms with Gasteiger partial charge >= 0.3 is 0 Å². The van der Waals surface area contributed by atoms with Gasteiger partial charge in [0.1, 0.15) is 17.5 Å². The average molecular weight is 267 g/mol. The molecule has 0 atom stereocenters. The van der Waals surface area contributed by atoms with Crippen molar-refractivity contribution in [1.29, 1.82) is 5.26 Å². The van der Waals surface area contributed by atoms with E-state index < -0.39 is 5.56 Å². The maximum Gasteiger partial charge on any atom is 0.268 e. The van der Waals surface area contributed by atoms with E-state index in [-0.39, 0.29) is 11.4 Å². The van der Waals surface area contributed by atoms with E-state index in [0.717, 1.165) is 15.6 Å². The normalized spacial score (nSPS) is 10.5. The van der Waals surface area contributed by atoms with E-state index in [1.165, 1.54) is 0 Å². The monoisotopic (exact) mass is 267 g/mol. The number of H-pyrrole nitrogens is 1. The molecule has 0 saturated heterocycles. The SMILES string of the molecule is N#Cc1c(-c2csc3ccccc23)cc(N)[nH]c1=O. The maximum atomic E-state index is 11.8. The summed E-state index contributed by atoms with van der Waals surface area (Å²) in [5, 5.41) is 12.1. The number of nitrogens with zero attached hydrogens (tertiary/aromatic N) is 1. The molecule has 0 aliphatic heterocycles. The second-order valence-corrected chi connectivity index (χ2v) is 5.01. The molecule has 1 aromatic carbocycles. The summed E-state index contributed by atoms with van der Waals surface area (Å²) in [6.45, 7) is 0. The van der Waals surface area contributed by atoms with Gasteiger partial charge in [0.15, 0.2) is 0 Å². The van der Waals surface area contributed by atoms with Crippen LogP contribution in [0.5, 0.6) is 0 Å². The minimum atomic E-state index is -0.451. The van der Waals surface area contributed by atoms with Crippen LogP contribution in [0.4, 0.5) is 5.82 Å². The quantitative estimate of drug-likeness (QED) is 0.711. The van der Waals surface area contributed by atoms with Crippen molar-refractivity contribution in [2.24, 2.45) is 0 Å². The highest BCUT2D eigenvalue weighted by molar-refractivity contribution is 7.17. The van der Waals surface area contributed by atoms with Crippen molar-refractivity contribution < 1.29 is 0 Å². The second-order valence-electron chi connectivity index (χ2n) is 4.10. The molecule has 0 bridgehead atoms. The third-order valence-corrected chi connectivity index (χ3v) is 3.90. The Morgan fingerprint density at radius 2 is 2.05 bits per heavy atom. The van der Waals surface area contributed by atoms with Gasteiger partial charge in [-0.1, -0.05) is 18.2 Å². The number of thiophene rings is 1. The fraction of sp³-hybridized carbons (Fsp3) is 0. The molecule has 2 heterocycles. The van der Waals surface area contributed by atoms with Gasteiger partial charge in [0.05, 0.1) is 0 Å². The summed E-state index contributed by atoms with van der Waals surface area (Å²) >= 11 is 1.58. The number of aromatic nitrogens is 1. The Kier molecular flexibility index (Phi) is 2.58. The smallest absolute Gasteiger partial charge is 0.268 e. The first-order valence-electron chi connectivity index (χ1n) is 5.60. The molecule has 0 saturated carbocycles. The minimum absolute atomic E-state index is 0.0951. The number of hydrogen-bond donors (Lipinski definition) is 2. The van der Waals surface area contributed by atoms with E-state index in [1.807, 2.05) is 35.7 Å². The number of anilines is 1. The molecular formula is C14H9N3OS. The predicted molar refractivity (Wildman–Crippen MR) is 77.0 cm³/mol. The summed E-state index contributed by atoms with van der Waals surface area (Å²) < 4.78 is 1.11. The molecule has 0 spiro atoms. The lowest BCUT2D eigenvalue weighted by Crippen LogP contribution is -2.13. The van der Waals surface area contributed by atoms with Gasteiger partial charge in [-0.2, -0.15) is 5.26 Å². The summed E-state index contributed by atoms with van der Waals surface area (Å²) in [5.74, 6) is 0.259. The molecule has 0 radical (unpaired) electrons. The van der Waals surface area contributed by atoms with Crippen molar-refractivity contribution in [3.05, 3.63) is 51.6 Å². The molecule has 5 heteroatoms. The molecule has 3 rings (SSSR count). The van der Waals surface area contributed by atoms with Gasteiger partial charge < -0.3 is 10.7 Å². The Morgan fingerprint density at radius 3 is 2.84 bits per heavy atom. The number of benzene rings is 1. The van der Waals surface area contributed by atoms with E-state index >= 15 is 0 Å². The lowest BCUT2D eigenvalue weighted by atomic mass is 10.0. The van der Waals surface area contributed by atoms with Crippen molar-refractivity contribution in [3.63, 3.8) is 0 Å². The largest absolute Gasteiger partial charge is 0.385 e. The standard InChI is InChI=1S/C14H9N3OS/c15-6-10-9(5-13(16)17-14(10)18)11-7-19-12-4-2-1-3-8(11)12/h1-5,7H,(H3,16,17,18). The molecule has 92 valence electrons. The Labute approximate surface area is 112 Å². The molecule has 19 heavy (non-hydrogen) atoms. The molecule has 3 N–H and O–H groups in total. The molecule has 0 fully saturated rings. The van der Waals surface area contributed by atoms with Crippen LogP contribution < -0.4 is 11.3 Å². The predicted octanol–water partition coefficient (Wildman–Crippen LogP) is 2.71. The Morgan fingerprint density at radius 1 is 1.26 bits per heavy atom. The molecule has 2 aromatic heterocycles. The Bertz CT molecular complexity index is 870. The summed E-state index contributed by atoms with van der Waals surface area (Å²) in [6.07, 6.45) is 0. The highest BCUT2D eigenvalue weighted by Crippen LogP contribution is 2.34. The topological polar surface area (TPSA) is 82.7 Å². The third kappa shape index (κ3) is 1.79. The van der Waals surface area contributed by atoms with E-state index in [0.29, 0.717) is 5.56 Å². The first kappa shape index (κ1) is 11.5. The third-order valence-electron chi connectivity index (χ3n) is 2.94. The van der Waals surface area contributed by atoms with Crippen LogP contribution in [0.1, 0.15) is 5.56 Å². The zero-order valence-electron chi connectivity index (χ0n) is 9.81. The highest BCUT2D eigenvalue weighted by Gasteiger charge is 2.14. The number of fused-ring (bicyclic) bond motifs is 1. The van der Waals surface area contributed by atoms with Crippen LogP contribution in [0.2, 0.25) is 0 Å². The van der Waals surface area contributed by atoms with Crippen molar-refractivity contribution in [1.82, 2.24) is 4.98 Å². The fourth-order valence-corrected chi connectivity index (χ4v) is 3.05. The van der Waals surface area contributed by atoms with Crippen LogP contribution in [-0.2, 0) is 0 Å². The summed E-state index contributed by atoms with van der Waals surface area (Å²) in [7, 11) is 0. The average Bonchev–Trinajstić information content (AvgIpc) is 2.81. The zero-order valence-corrected chi connectivity index (χ0v) is 10.6. The van der Waals surface area contributed by atoms with E-state index in [9.17, 15) is 4.79 Å². The number of aromatic amines is 1. The van der Waals surface area contributed by atoms with Crippen LogP contribution in [0.15, 0.2) is 40.5 Å². The van der Waals surface area contributed by atoms with Crippen molar-refractivity contribution in [2.75, 3.05) is 5.73 Å². The van der Waals surface area contributed by atoms with Gasteiger partial charge in [-0.25, -0.2) is 0 Å². The first-order valence-corrected chi connectivity index (χ1v) is 6.48. The molecule has 4 nitrogen and oxygen atoms in total. The molecule has 0 aliphatic carbocycles. The van der Waals surface area contributed by atoms with Crippen LogP contribution in [0, 0.1) is 11.3 Å². The van der Waals surface area contributed by atoms with Gasteiger partial charge in [0, 0.05) is 21.2 Å². The van der Waals surface area contributed by atoms with Crippen LogP contribution in [0.3, 0.4) is 0 Å². The van der Waals surface area contributed by atoms with Crippen LogP contribution >= 0.6 is 11.3 Å². The van der Waals surface area contributed by atoms with Gasteiger partial charge in [0.2, 0.25) is 0 Å². The molecule has 0 amide bonds. The number of nitrogens with one attached hydrogen (secondary N) is 1.